The quantitative estimate of drug-likeness (QED) is 0.751. The fraction of sp³-hybridized carbons (Fsp3) is 0.500. The predicted molar refractivity (Wildman–Crippen MR) is 88.7 cm³/mol. The van der Waals surface area contributed by atoms with Crippen LogP contribution in [0.25, 0.3) is 0 Å². The van der Waals surface area contributed by atoms with E-state index in [1.165, 1.54) is 12.1 Å². The molecule has 0 amide bonds. The molecule has 116 valence electrons. The van der Waals surface area contributed by atoms with E-state index in [9.17, 15) is 4.39 Å². The Kier molecular flexibility index (Phi) is 6.04. The highest BCUT2D eigenvalue weighted by Crippen LogP contribution is 2.29. The molecule has 1 aromatic carbocycles. The summed E-state index contributed by atoms with van der Waals surface area (Å²) in [5, 5.41) is 6.42. The molecule has 0 aromatic heterocycles. The van der Waals surface area contributed by atoms with Crippen molar-refractivity contribution in [3.8, 4) is 5.75 Å². The molecule has 0 radical (unpaired) electrons. The molecule has 2 heterocycles. The summed E-state index contributed by atoms with van der Waals surface area (Å²) in [6.07, 6.45) is 1.75. The Morgan fingerprint density at radius 3 is 3.10 bits per heavy atom. The van der Waals surface area contributed by atoms with Gasteiger partial charge in [0.2, 0.25) is 0 Å². The maximum atomic E-state index is 13.6. The lowest BCUT2D eigenvalue weighted by Crippen LogP contribution is -2.41. The first-order chi connectivity index (χ1) is 9.83. The molecule has 0 atom stereocenters. The average molecular weight is 407 g/mol. The molecule has 3 rings (SSSR count). The number of hydrogen-bond donors (Lipinski definition) is 2. The third kappa shape index (κ3) is 4.19. The van der Waals surface area contributed by atoms with E-state index >= 15 is 0 Å². The minimum Gasteiger partial charge on any atom is -0.467 e. The molecule has 2 N–H and O–H groups in total. The zero-order chi connectivity index (χ0) is 13.8. The molecule has 0 spiro atoms. The van der Waals surface area contributed by atoms with Crippen LogP contribution in [0.1, 0.15) is 17.5 Å². The first kappa shape index (κ1) is 16.3. The van der Waals surface area contributed by atoms with Crippen molar-refractivity contribution in [1.82, 2.24) is 10.6 Å². The fourth-order valence-corrected chi connectivity index (χ4v) is 2.41. The molecule has 0 unspecified atom stereocenters. The van der Waals surface area contributed by atoms with Gasteiger partial charge in [0.25, 0.3) is 0 Å². The smallest absolute Gasteiger partial charge is 0.191 e. The lowest BCUT2D eigenvalue weighted by Gasteiger charge is -2.21. The Bertz CT molecular complexity index is 525. The van der Waals surface area contributed by atoms with Crippen LogP contribution in [0.15, 0.2) is 17.1 Å². The van der Waals surface area contributed by atoms with Crippen LogP contribution in [-0.2, 0) is 17.8 Å². The van der Waals surface area contributed by atoms with E-state index in [0.29, 0.717) is 19.6 Å². The molecular formula is C14H19FIN3O2. The third-order valence-electron chi connectivity index (χ3n) is 3.34. The van der Waals surface area contributed by atoms with Crippen molar-refractivity contribution in [1.29, 1.82) is 0 Å². The maximum absolute atomic E-state index is 13.6. The topological polar surface area (TPSA) is 54.9 Å². The maximum Gasteiger partial charge on any atom is 0.191 e. The highest BCUT2D eigenvalue weighted by molar-refractivity contribution is 14.0. The van der Waals surface area contributed by atoms with Crippen LogP contribution in [0.2, 0.25) is 0 Å². The molecule has 7 heteroatoms. The molecule has 0 bridgehead atoms. The Labute approximate surface area is 140 Å². The first-order valence-corrected chi connectivity index (χ1v) is 6.87. The van der Waals surface area contributed by atoms with Gasteiger partial charge < -0.3 is 20.1 Å². The molecule has 1 aromatic rings. The van der Waals surface area contributed by atoms with Crippen molar-refractivity contribution in [2.24, 2.45) is 4.99 Å². The van der Waals surface area contributed by atoms with Gasteiger partial charge in [-0.25, -0.2) is 4.39 Å². The lowest BCUT2D eigenvalue weighted by molar-refractivity contribution is -0.0172. The molecule has 0 fully saturated rings. The summed E-state index contributed by atoms with van der Waals surface area (Å²) in [6, 6.07) is 3.00. The number of benzene rings is 1. The lowest BCUT2D eigenvalue weighted by atomic mass is 10.1. The standard InChI is InChI=1S/C14H18FN3O2.HI/c15-12-6-10(13-11(7-12)8-19-9-20-13)2-5-18-14-16-3-1-4-17-14;/h6-7H,1-5,8-9H2,(H2,16,17,18);1H. The number of halogens is 2. The molecule has 2 aliphatic heterocycles. The van der Waals surface area contributed by atoms with Gasteiger partial charge in [-0.3, -0.25) is 4.99 Å². The summed E-state index contributed by atoms with van der Waals surface area (Å²) >= 11 is 0. The summed E-state index contributed by atoms with van der Waals surface area (Å²) in [7, 11) is 0. The zero-order valence-electron chi connectivity index (χ0n) is 11.7. The zero-order valence-corrected chi connectivity index (χ0v) is 14.0. The van der Waals surface area contributed by atoms with Crippen LogP contribution < -0.4 is 15.4 Å². The van der Waals surface area contributed by atoms with Gasteiger partial charge in [-0.15, -0.1) is 24.0 Å². The molecular weight excluding hydrogens is 388 g/mol. The number of aliphatic imine (C=N–C) groups is 1. The average Bonchev–Trinajstić information content (AvgIpc) is 2.48. The van der Waals surface area contributed by atoms with Crippen LogP contribution in [-0.4, -0.2) is 32.4 Å². The monoisotopic (exact) mass is 407 g/mol. The Morgan fingerprint density at radius 1 is 1.38 bits per heavy atom. The van der Waals surface area contributed by atoms with Gasteiger partial charge in [0.1, 0.15) is 11.6 Å². The second-order valence-corrected chi connectivity index (χ2v) is 4.85. The van der Waals surface area contributed by atoms with E-state index in [1.807, 2.05) is 0 Å². The summed E-state index contributed by atoms with van der Waals surface area (Å²) in [6.45, 7) is 3.12. The third-order valence-corrected chi connectivity index (χ3v) is 3.34. The normalized spacial score (nSPS) is 16.7. The SMILES string of the molecule is Fc1cc(CCNC2=NCCCN2)c2c(c1)COCO2.I. The highest BCUT2D eigenvalue weighted by Gasteiger charge is 2.16. The Morgan fingerprint density at radius 2 is 2.29 bits per heavy atom. The van der Waals surface area contributed by atoms with Gasteiger partial charge in [-0.2, -0.15) is 0 Å². The molecule has 0 saturated carbocycles. The Balaban J connectivity index is 0.00000161. The van der Waals surface area contributed by atoms with Crippen molar-refractivity contribution < 1.29 is 13.9 Å². The van der Waals surface area contributed by atoms with Crippen LogP contribution in [0.3, 0.4) is 0 Å². The molecule has 2 aliphatic rings. The van der Waals surface area contributed by atoms with Gasteiger partial charge in [-0.1, -0.05) is 0 Å². The van der Waals surface area contributed by atoms with E-state index < -0.39 is 0 Å². The number of hydrogen-bond acceptors (Lipinski definition) is 5. The van der Waals surface area contributed by atoms with Crippen molar-refractivity contribution in [3.63, 3.8) is 0 Å². The molecule has 0 saturated heterocycles. The summed E-state index contributed by atoms with van der Waals surface area (Å²) < 4.78 is 24.2. The second-order valence-electron chi connectivity index (χ2n) is 4.85. The first-order valence-electron chi connectivity index (χ1n) is 6.87. The van der Waals surface area contributed by atoms with Crippen molar-refractivity contribution in [3.05, 3.63) is 29.1 Å². The van der Waals surface area contributed by atoms with E-state index in [4.69, 9.17) is 9.47 Å². The van der Waals surface area contributed by atoms with Gasteiger partial charge in [0.05, 0.1) is 6.61 Å². The predicted octanol–water partition coefficient (Wildman–Crippen LogP) is 1.79. The van der Waals surface area contributed by atoms with Gasteiger partial charge in [-0.05, 0) is 30.5 Å². The number of rotatable bonds is 3. The van der Waals surface area contributed by atoms with Crippen LogP contribution in [0.4, 0.5) is 4.39 Å². The van der Waals surface area contributed by atoms with Crippen LogP contribution in [0, 0.1) is 5.82 Å². The van der Waals surface area contributed by atoms with Crippen molar-refractivity contribution >= 4 is 29.9 Å². The molecule has 0 aliphatic carbocycles. The van der Waals surface area contributed by atoms with Crippen LogP contribution >= 0.6 is 24.0 Å². The largest absolute Gasteiger partial charge is 0.467 e. The number of guanidine groups is 1. The minimum absolute atomic E-state index is 0. The highest BCUT2D eigenvalue weighted by atomic mass is 127. The van der Waals surface area contributed by atoms with E-state index in [1.54, 1.807) is 0 Å². The summed E-state index contributed by atoms with van der Waals surface area (Å²) in [4.78, 5) is 4.33. The minimum atomic E-state index is -0.249. The number of ether oxygens (including phenoxy) is 2. The van der Waals surface area contributed by atoms with Gasteiger partial charge >= 0.3 is 0 Å². The van der Waals surface area contributed by atoms with E-state index in [2.05, 4.69) is 15.6 Å². The number of nitrogens with zero attached hydrogens (tertiary/aromatic N) is 1. The number of fused-ring (bicyclic) bond motifs is 1. The van der Waals surface area contributed by atoms with Gasteiger partial charge in [0, 0.05) is 25.2 Å². The second kappa shape index (κ2) is 7.79. The van der Waals surface area contributed by atoms with E-state index in [0.717, 1.165) is 42.3 Å². The van der Waals surface area contributed by atoms with Crippen molar-refractivity contribution in [2.45, 2.75) is 19.4 Å². The van der Waals surface area contributed by atoms with Gasteiger partial charge in [0.15, 0.2) is 12.8 Å². The Hall–Kier alpha value is -1.09. The van der Waals surface area contributed by atoms with Crippen molar-refractivity contribution in [2.75, 3.05) is 26.4 Å². The molecule has 21 heavy (non-hydrogen) atoms. The summed E-state index contributed by atoms with van der Waals surface area (Å²) in [5.74, 6) is 1.34. The number of nitrogens with one attached hydrogen (secondary N) is 2. The van der Waals surface area contributed by atoms with E-state index in [-0.39, 0.29) is 36.6 Å². The summed E-state index contributed by atoms with van der Waals surface area (Å²) in [5.41, 5.74) is 1.64. The molecule has 5 nitrogen and oxygen atoms in total. The fourth-order valence-electron chi connectivity index (χ4n) is 2.41. The van der Waals surface area contributed by atoms with Crippen LogP contribution in [0.5, 0.6) is 5.75 Å².